The van der Waals surface area contributed by atoms with Crippen LogP contribution in [0.3, 0.4) is 0 Å². The average Bonchev–Trinajstić information content (AvgIpc) is 2.29. The van der Waals surface area contributed by atoms with Crippen LogP contribution >= 0.6 is 11.3 Å². The fourth-order valence-corrected chi connectivity index (χ4v) is 1.88. The Morgan fingerprint density at radius 1 is 1.75 bits per heavy atom. The number of carbonyl (C=O) groups excluding carboxylic acids is 1. The molecule has 0 aliphatic heterocycles. The lowest BCUT2D eigenvalue weighted by atomic mass is 10.4. The molecule has 1 aromatic heterocycles. The summed E-state index contributed by atoms with van der Waals surface area (Å²) in [4.78, 5) is 15.5. The average molecular weight is 185 g/mol. The molecule has 0 aliphatic rings. The number of hydrogen-bond donors (Lipinski definition) is 1. The van der Waals surface area contributed by atoms with E-state index in [0.29, 0.717) is 12.2 Å². The van der Waals surface area contributed by atoms with Crippen LogP contribution in [0.15, 0.2) is 0 Å². The predicted molar refractivity (Wildman–Crippen MR) is 47.9 cm³/mol. The highest BCUT2D eigenvalue weighted by atomic mass is 32.1. The molecule has 0 aliphatic carbocycles. The van der Waals surface area contributed by atoms with Crippen LogP contribution in [0.25, 0.3) is 0 Å². The minimum absolute atomic E-state index is 0.509. The molecule has 0 aromatic carbocycles. The second-order valence-corrected chi connectivity index (χ2v) is 3.86. The lowest BCUT2D eigenvalue weighted by molar-refractivity contribution is 0.111. The second kappa shape index (κ2) is 3.75. The van der Waals surface area contributed by atoms with Gasteiger partial charge in [0.25, 0.3) is 0 Å². The van der Waals surface area contributed by atoms with Gasteiger partial charge in [-0.1, -0.05) is 0 Å². The molecule has 0 radical (unpaired) electrons. The van der Waals surface area contributed by atoms with Crippen molar-refractivity contribution in [3.8, 4) is 0 Å². The zero-order valence-corrected chi connectivity index (χ0v) is 7.89. The maximum Gasteiger partial charge on any atom is 0.169 e. The molecule has 0 unspecified atom stereocenters. The van der Waals surface area contributed by atoms with Gasteiger partial charge in [-0.2, -0.15) is 0 Å². The number of aromatic nitrogens is 1. The number of aryl methyl sites for hydroxylation is 1. The van der Waals surface area contributed by atoms with Crippen LogP contribution in [0.1, 0.15) is 20.4 Å². The van der Waals surface area contributed by atoms with Crippen molar-refractivity contribution in [3.05, 3.63) is 15.6 Å². The minimum Gasteiger partial charge on any atom is -0.296 e. The van der Waals surface area contributed by atoms with Crippen molar-refractivity contribution in [3.63, 3.8) is 0 Å². The monoisotopic (exact) mass is 185 g/mol. The van der Waals surface area contributed by atoms with Crippen LogP contribution < -0.4 is 5.84 Å². The second-order valence-electron chi connectivity index (χ2n) is 2.57. The van der Waals surface area contributed by atoms with Crippen LogP contribution in [0.2, 0.25) is 0 Å². The molecule has 0 bridgehead atoms. The summed E-state index contributed by atoms with van der Waals surface area (Å²) in [7, 11) is 1.75. The predicted octanol–water partition coefficient (Wildman–Crippen LogP) is 0.570. The number of nitrogens with zero attached hydrogens (tertiary/aromatic N) is 2. The topological polar surface area (TPSA) is 59.2 Å². The van der Waals surface area contributed by atoms with Gasteiger partial charge < -0.3 is 0 Å². The van der Waals surface area contributed by atoms with Crippen LogP contribution in [-0.4, -0.2) is 23.3 Å². The SMILES string of the molecule is Cc1nc(C=O)c(CN(C)N)s1. The Bertz CT molecular complexity index is 282. The summed E-state index contributed by atoms with van der Waals surface area (Å²) in [5.41, 5.74) is 0.509. The number of carbonyl (C=O) groups is 1. The number of hydrogen-bond acceptors (Lipinski definition) is 5. The van der Waals surface area contributed by atoms with Crippen LogP contribution in [0.5, 0.6) is 0 Å². The van der Waals surface area contributed by atoms with Crippen molar-refractivity contribution >= 4 is 17.6 Å². The molecule has 0 amide bonds. The Hall–Kier alpha value is -0.780. The molecule has 0 saturated heterocycles. The van der Waals surface area contributed by atoms with E-state index >= 15 is 0 Å². The molecule has 66 valence electrons. The summed E-state index contributed by atoms with van der Waals surface area (Å²) in [5, 5.41) is 2.42. The standard InChI is InChI=1S/C7H11N3OS/c1-5-9-6(4-11)7(12-5)3-10(2)8/h4H,3,8H2,1-2H3. The van der Waals surface area contributed by atoms with E-state index in [-0.39, 0.29) is 0 Å². The molecule has 1 aromatic rings. The van der Waals surface area contributed by atoms with Crippen molar-refractivity contribution in [2.45, 2.75) is 13.5 Å². The van der Waals surface area contributed by atoms with E-state index in [0.717, 1.165) is 16.2 Å². The van der Waals surface area contributed by atoms with E-state index in [1.165, 1.54) is 16.3 Å². The number of rotatable bonds is 3. The third-order valence-electron chi connectivity index (χ3n) is 1.34. The quantitative estimate of drug-likeness (QED) is 0.425. The van der Waals surface area contributed by atoms with Crippen molar-refractivity contribution in [1.29, 1.82) is 0 Å². The third kappa shape index (κ3) is 2.10. The fourth-order valence-electron chi connectivity index (χ4n) is 0.917. The molecule has 5 heteroatoms. The normalized spacial score (nSPS) is 10.7. The molecule has 0 saturated carbocycles. The molecule has 0 atom stereocenters. The Balaban J connectivity index is 2.89. The van der Waals surface area contributed by atoms with Gasteiger partial charge >= 0.3 is 0 Å². The highest BCUT2D eigenvalue weighted by molar-refractivity contribution is 7.11. The molecule has 1 heterocycles. The summed E-state index contributed by atoms with van der Waals surface area (Å²) < 4.78 is 0. The Kier molecular flexibility index (Phi) is 2.91. The van der Waals surface area contributed by atoms with Gasteiger partial charge in [0.1, 0.15) is 5.69 Å². The van der Waals surface area contributed by atoms with Gasteiger partial charge in [0.2, 0.25) is 0 Å². The maximum atomic E-state index is 10.5. The van der Waals surface area contributed by atoms with E-state index in [4.69, 9.17) is 5.84 Å². The number of hydrazine groups is 1. The highest BCUT2D eigenvalue weighted by Crippen LogP contribution is 2.16. The summed E-state index contributed by atoms with van der Waals surface area (Å²) in [5.74, 6) is 5.45. The first kappa shape index (κ1) is 9.31. The summed E-state index contributed by atoms with van der Waals surface area (Å²) in [6.45, 7) is 2.44. The van der Waals surface area contributed by atoms with E-state index in [2.05, 4.69) is 4.98 Å². The minimum atomic E-state index is 0.509. The molecular weight excluding hydrogens is 174 g/mol. The maximum absolute atomic E-state index is 10.5. The van der Waals surface area contributed by atoms with Gasteiger partial charge in [0.15, 0.2) is 6.29 Å². The molecule has 2 N–H and O–H groups in total. The highest BCUT2D eigenvalue weighted by Gasteiger charge is 2.08. The Morgan fingerprint density at radius 3 is 2.92 bits per heavy atom. The summed E-state index contributed by atoms with van der Waals surface area (Å²) in [6, 6.07) is 0. The number of nitrogens with two attached hydrogens (primary N) is 1. The zero-order chi connectivity index (χ0) is 9.14. The molecule has 4 nitrogen and oxygen atoms in total. The summed E-state index contributed by atoms with van der Waals surface area (Å²) >= 11 is 1.50. The van der Waals surface area contributed by atoms with Crippen LogP contribution in [0.4, 0.5) is 0 Å². The fraction of sp³-hybridized carbons (Fsp3) is 0.429. The largest absolute Gasteiger partial charge is 0.296 e. The molecule has 1 rings (SSSR count). The first-order valence-electron chi connectivity index (χ1n) is 3.51. The van der Waals surface area contributed by atoms with E-state index in [1.807, 2.05) is 6.92 Å². The number of aldehydes is 1. The Morgan fingerprint density at radius 2 is 2.42 bits per heavy atom. The number of thiazole rings is 1. The van der Waals surface area contributed by atoms with E-state index in [1.54, 1.807) is 7.05 Å². The van der Waals surface area contributed by atoms with E-state index < -0.39 is 0 Å². The first-order chi connectivity index (χ1) is 5.63. The molecule has 0 spiro atoms. The third-order valence-corrected chi connectivity index (χ3v) is 2.31. The van der Waals surface area contributed by atoms with Gasteiger partial charge in [-0.05, 0) is 6.92 Å². The van der Waals surface area contributed by atoms with Gasteiger partial charge in [0.05, 0.1) is 9.88 Å². The van der Waals surface area contributed by atoms with E-state index in [9.17, 15) is 4.79 Å². The Labute approximate surface area is 75.0 Å². The van der Waals surface area contributed by atoms with Crippen molar-refractivity contribution in [2.75, 3.05) is 7.05 Å². The van der Waals surface area contributed by atoms with Crippen molar-refractivity contribution < 1.29 is 4.79 Å². The van der Waals surface area contributed by atoms with Gasteiger partial charge in [0, 0.05) is 13.6 Å². The lowest BCUT2D eigenvalue weighted by Crippen LogP contribution is -2.25. The molecular formula is C7H11N3OS. The lowest BCUT2D eigenvalue weighted by Gasteiger charge is -2.06. The van der Waals surface area contributed by atoms with Gasteiger partial charge in [-0.3, -0.25) is 10.6 Å². The smallest absolute Gasteiger partial charge is 0.169 e. The van der Waals surface area contributed by atoms with Crippen LogP contribution in [0, 0.1) is 6.92 Å². The first-order valence-corrected chi connectivity index (χ1v) is 4.32. The van der Waals surface area contributed by atoms with Crippen LogP contribution in [-0.2, 0) is 6.54 Å². The van der Waals surface area contributed by atoms with Gasteiger partial charge in [-0.15, -0.1) is 11.3 Å². The van der Waals surface area contributed by atoms with Crippen molar-refractivity contribution in [2.24, 2.45) is 5.84 Å². The van der Waals surface area contributed by atoms with Gasteiger partial charge in [-0.25, -0.2) is 9.99 Å². The molecule has 12 heavy (non-hydrogen) atoms. The summed E-state index contributed by atoms with van der Waals surface area (Å²) in [6.07, 6.45) is 0.766. The van der Waals surface area contributed by atoms with Crippen molar-refractivity contribution in [1.82, 2.24) is 9.99 Å². The molecule has 0 fully saturated rings. The zero-order valence-electron chi connectivity index (χ0n) is 7.07.